The Bertz CT molecular complexity index is 922. The van der Waals surface area contributed by atoms with Gasteiger partial charge in [0.25, 0.3) is 0 Å². The van der Waals surface area contributed by atoms with Gasteiger partial charge in [-0.3, -0.25) is 4.79 Å². The van der Waals surface area contributed by atoms with Crippen LogP contribution in [-0.4, -0.2) is 58.2 Å². The molecule has 0 radical (unpaired) electrons. The summed E-state index contributed by atoms with van der Waals surface area (Å²) in [5.41, 5.74) is 0.731. The maximum atomic E-state index is 12.6. The topological polar surface area (TPSA) is 88.4 Å². The van der Waals surface area contributed by atoms with Crippen LogP contribution in [0.1, 0.15) is 24.6 Å². The first-order valence-electron chi connectivity index (χ1n) is 8.38. The molecule has 10 heteroatoms. The Kier molecular flexibility index (Phi) is 4.57. The van der Waals surface area contributed by atoms with Crippen molar-refractivity contribution < 1.29 is 13.2 Å². The zero-order chi connectivity index (χ0) is 18.3. The number of carbonyl (C=O) groups is 1. The lowest BCUT2D eigenvalue weighted by molar-refractivity contribution is -0.128. The molecule has 0 unspecified atom stereocenters. The summed E-state index contributed by atoms with van der Waals surface area (Å²) in [5, 5.41) is 8.23. The SMILES string of the molecule is O=C1CCCN1Cc1cn(C2CN(S(=O)(=O)c3ccc(Br)cc3)C2)nn1. The van der Waals surface area contributed by atoms with E-state index >= 15 is 0 Å². The molecule has 0 spiro atoms. The number of amides is 1. The van der Waals surface area contributed by atoms with E-state index in [1.807, 2.05) is 0 Å². The summed E-state index contributed by atoms with van der Waals surface area (Å²) in [6.07, 6.45) is 3.29. The average molecular weight is 440 g/mol. The van der Waals surface area contributed by atoms with E-state index in [2.05, 4.69) is 26.2 Å². The van der Waals surface area contributed by atoms with Gasteiger partial charge in [-0.05, 0) is 30.7 Å². The number of sulfonamides is 1. The molecule has 1 aromatic carbocycles. The van der Waals surface area contributed by atoms with E-state index in [1.165, 1.54) is 4.31 Å². The first kappa shape index (κ1) is 17.6. The molecular weight excluding hydrogens is 422 g/mol. The van der Waals surface area contributed by atoms with E-state index < -0.39 is 10.0 Å². The molecule has 8 nitrogen and oxygen atoms in total. The molecule has 26 heavy (non-hydrogen) atoms. The molecule has 2 aliphatic heterocycles. The number of nitrogens with zero attached hydrogens (tertiary/aromatic N) is 5. The number of aromatic nitrogens is 3. The van der Waals surface area contributed by atoms with Crippen molar-refractivity contribution in [1.29, 1.82) is 0 Å². The number of carbonyl (C=O) groups excluding carboxylic acids is 1. The Balaban J connectivity index is 1.39. The summed E-state index contributed by atoms with van der Waals surface area (Å²) in [7, 11) is -3.48. The molecule has 3 heterocycles. The van der Waals surface area contributed by atoms with Crippen LogP contribution in [0.5, 0.6) is 0 Å². The minimum absolute atomic E-state index is 0.0317. The molecule has 138 valence electrons. The van der Waals surface area contributed by atoms with E-state index in [-0.39, 0.29) is 16.8 Å². The highest BCUT2D eigenvalue weighted by Crippen LogP contribution is 2.28. The largest absolute Gasteiger partial charge is 0.337 e. The summed E-state index contributed by atoms with van der Waals surface area (Å²) < 4.78 is 29.2. The normalized spacial score (nSPS) is 19.1. The standard InChI is InChI=1S/C16H18BrN5O3S/c17-12-3-5-15(6-4-12)26(24,25)21-10-14(11-21)22-9-13(18-19-22)8-20-7-1-2-16(20)23/h3-6,9,14H,1-2,7-8,10-11H2. The highest BCUT2D eigenvalue weighted by Gasteiger charge is 2.38. The molecule has 2 aromatic rings. The first-order chi connectivity index (χ1) is 12.4. The Morgan fingerprint density at radius 1 is 1.19 bits per heavy atom. The molecule has 4 rings (SSSR count). The van der Waals surface area contributed by atoms with Crippen molar-refractivity contribution in [3.05, 3.63) is 40.6 Å². The van der Waals surface area contributed by atoms with Gasteiger partial charge >= 0.3 is 0 Å². The zero-order valence-corrected chi connectivity index (χ0v) is 16.4. The maximum absolute atomic E-state index is 12.6. The predicted octanol–water partition coefficient (Wildman–Crippen LogP) is 1.41. The van der Waals surface area contributed by atoms with Crippen LogP contribution in [0.2, 0.25) is 0 Å². The predicted molar refractivity (Wildman–Crippen MR) is 96.6 cm³/mol. The molecule has 1 amide bonds. The molecule has 0 aliphatic carbocycles. The second-order valence-electron chi connectivity index (χ2n) is 6.54. The summed E-state index contributed by atoms with van der Waals surface area (Å²) in [5.74, 6) is 0.148. The van der Waals surface area contributed by atoms with Gasteiger partial charge < -0.3 is 4.90 Å². The van der Waals surface area contributed by atoms with Gasteiger partial charge in [-0.25, -0.2) is 13.1 Å². The van der Waals surface area contributed by atoms with E-state index in [0.29, 0.717) is 26.1 Å². The van der Waals surface area contributed by atoms with Gasteiger partial charge in [-0.1, -0.05) is 21.1 Å². The van der Waals surface area contributed by atoms with Crippen molar-refractivity contribution in [3.63, 3.8) is 0 Å². The van der Waals surface area contributed by atoms with E-state index in [4.69, 9.17) is 0 Å². The highest BCUT2D eigenvalue weighted by atomic mass is 79.9. The summed E-state index contributed by atoms with van der Waals surface area (Å²) in [4.78, 5) is 13.8. The van der Waals surface area contributed by atoms with Crippen molar-refractivity contribution in [1.82, 2.24) is 24.2 Å². The molecule has 0 N–H and O–H groups in total. The lowest BCUT2D eigenvalue weighted by atomic mass is 10.2. The van der Waals surface area contributed by atoms with Crippen LogP contribution in [0.4, 0.5) is 0 Å². The molecule has 2 saturated heterocycles. The number of benzene rings is 1. The van der Waals surface area contributed by atoms with E-state index in [1.54, 1.807) is 40.0 Å². The fourth-order valence-corrected chi connectivity index (χ4v) is 4.95. The molecule has 1 aromatic heterocycles. The van der Waals surface area contributed by atoms with Crippen molar-refractivity contribution in [2.45, 2.75) is 30.3 Å². The van der Waals surface area contributed by atoms with Crippen LogP contribution >= 0.6 is 15.9 Å². The van der Waals surface area contributed by atoms with E-state index in [0.717, 1.165) is 23.1 Å². The fraction of sp³-hybridized carbons (Fsp3) is 0.438. The van der Waals surface area contributed by atoms with Crippen LogP contribution in [0.15, 0.2) is 39.8 Å². The van der Waals surface area contributed by atoms with E-state index in [9.17, 15) is 13.2 Å². The van der Waals surface area contributed by atoms with Crippen LogP contribution in [0, 0.1) is 0 Å². The average Bonchev–Trinajstić information content (AvgIpc) is 3.16. The monoisotopic (exact) mass is 439 g/mol. The second kappa shape index (κ2) is 6.75. The molecule has 0 atom stereocenters. The number of rotatable bonds is 5. The smallest absolute Gasteiger partial charge is 0.243 e. The molecule has 2 aliphatic rings. The quantitative estimate of drug-likeness (QED) is 0.702. The molecular formula is C16H18BrN5O3S. The number of halogens is 1. The van der Waals surface area contributed by atoms with Gasteiger partial charge in [0.15, 0.2) is 0 Å². The third kappa shape index (κ3) is 3.28. The zero-order valence-electron chi connectivity index (χ0n) is 14.0. The lowest BCUT2D eigenvalue weighted by Gasteiger charge is -2.37. The van der Waals surface area contributed by atoms with Crippen LogP contribution < -0.4 is 0 Å². The van der Waals surface area contributed by atoms with Crippen LogP contribution in [0.25, 0.3) is 0 Å². The molecule has 0 saturated carbocycles. The van der Waals surface area contributed by atoms with Crippen molar-refractivity contribution in [2.75, 3.05) is 19.6 Å². The van der Waals surface area contributed by atoms with Crippen LogP contribution in [0.3, 0.4) is 0 Å². The van der Waals surface area contributed by atoms with Crippen molar-refractivity contribution >= 4 is 31.9 Å². The van der Waals surface area contributed by atoms with Crippen molar-refractivity contribution in [3.8, 4) is 0 Å². The Labute approximate surface area is 160 Å². The highest BCUT2D eigenvalue weighted by molar-refractivity contribution is 9.10. The Morgan fingerprint density at radius 3 is 2.58 bits per heavy atom. The number of hydrogen-bond donors (Lipinski definition) is 0. The minimum Gasteiger partial charge on any atom is -0.337 e. The van der Waals surface area contributed by atoms with Crippen LogP contribution in [-0.2, 0) is 21.4 Å². The summed E-state index contributed by atoms with van der Waals surface area (Å²) in [6.45, 7) is 1.95. The Morgan fingerprint density at radius 2 is 1.92 bits per heavy atom. The number of hydrogen-bond acceptors (Lipinski definition) is 5. The maximum Gasteiger partial charge on any atom is 0.243 e. The van der Waals surface area contributed by atoms with Gasteiger partial charge in [-0.2, -0.15) is 4.31 Å². The molecule has 2 fully saturated rings. The van der Waals surface area contributed by atoms with Gasteiger partial charge in [0.1, 0.15) is 5.69 Å². The van der Waals surface area contributed by atoms with Gasteiger partial charge in [0.05, 0.1) is 23.7 Å². The van der Waals surface area contributed by atoms with Crippen molar-refractivity contribution in [2.24, 2.45) is 0 Å². The fourth-order valence-electron chi connectivity index (χ4n) is 3.17. The summed E-state index contributed by atoms with van der Waals surface area (Å²) in [6, 6.07) is 6.58. The lowest BCUT2D eigenvalue weighted by Crippen LogP contribution is -2.50. The number of likely N-dealkylation sites (tertiary alicyclic amines) is 1. The third-order valence-corrected chi connectivity index (χ3v) is 7.11. The third-order valence-electron chi connectivity index (χ3n) is 4.74. The molecule has 0 bridgehead atoms. The second-order valence-corrected chi connectivity index (χ2v) is 9.39. The minimum atomic E-state index is -3.48. The van der Waals surface area contributed by atoms with Gasteiger partial charge in [-0.15, -0.1) is 5.10 Å². The van der Waals surface area contributed by atoms with Gasteiger partial charge in [0, 0.05) is 30.5 Å². The Hall–Kier alpha value is -1.78. The summed E-state index contributed by atoms with van der Waals surface area (Å²) >= 11 is 3.31. The first-order valence-corrected chi connectivity index (χ1v) is 10.6. The van der Waals surface area contributed by atoms with Gasteiger partial charge in [0.2, 0.25) is 15.9 Å².